The van der Waals surface area contributed by atoms with Crippen LogP contribution in [0.1, 0.15) is 5.56 Å². The molecule has 0 radical (unpaired) electrons. The summed E-state index contributed by atoms with van der Waals surface area (Å²) in [5.41, 5.74) is 2.10. The summed E-state index contributed by atoms with van der Waals surface area (Å²) in [6.45, 7) is -1.16. The van der Waals surface area contributed by atoms with Crippen LogP contribution in [0.3, 0.4) is 0 Å². The van der Waals surface area contributed by atoms with Crippen molar-refractivity contribution in [2.45, 2.75) is 19.5 Å². The number of ether oxygens (including phenoxy) is 1. The largest absolute Gasteiger partial charge is 0.411 e. The van der Waals surface area contributed by atoms with Crippen molar-refractivity contribution in [1.29, 1.82) is 0 Å². The minimum absolute atomic E-state index is 0.276. The molecule has 0 unspecified atom stereocenters. The van der Waals surface area contributed by atoms with Crippen molar-refractivity contribution in [1.82, 2.24) is 19.6 Å². The highest BCUT2D eigenvalue weighted by molar-refractivity contribution is 7.80. The Morgan fingerprint density at radius 1 is 1.07 bits per heavy atom. The number of nitrogens with zero attached hydrogens (tertiary/aromatic N) is 4. The molecule has 0 aliphatic heterocycles. The maximum absolute atomic E-state index is 12.1. The van der Waals surface area contributed by atoms with Gasteiger partial charge in [0.05, 0.1) is 36.5 Å². The molecule has 0 fully saturated rings. The molecule has 0 aliphatic carbocycles. The van der Waals surface area contributed by atoms with Gasteiger partial charge in [0, 0.05) is 11.2 Å². The number of thiocarbonyl (C=S) groups is 1. The standard InChI is InChI=1S/C17H16ClF3N6OS/c18-15-4-2-1-3-12(15)7-26-8-13(5-22-26)24-16(29)25-14-6-23-27(9-14)11-28-10-17(19,20)21/h1-6,8-9H,7,10-11H2,(H2,24,25,29). The van der Waals surface area contributed by atoms with Crippen LogP contribution >= 0.6 is 23.8 Å². The molecule has 0 aliphatic rings. The molecule has 0 bridgehead atoms. The third-order valence-corrected chi connectivity index (χ3v) is 4.13. The van der Waals surface area contributed by atoms with Crippen LogP contribution < -0.4 is 10.6 Å². The van der Waals surface area contributed by atoms with Crippen LogP contribution in [0.15, 0.2) is 49.1 Å². The van der Waals surface area contributed by atoms with Crippen molar-refractivity contribution >= 4 is 40.3 Å². The number of rotatable bonds is 7. The lowest BCUT2D eigenvalue weighted by molar-refractivity contribution is -0.182. The van der Waals surface area contributed by atoms with Crippen LogP contribution in [0.2, 0.25) is 5.02 Å². The second kappa shape index (κ2) is 9.25. The molecule has 29 heavy (non-hydrogen) atoms. The Bertz CT molecular complexity index is 974. The number of nitrogens with one attached hydrogen (secondary N) is 2. The van der Waals surface area contributed by atoms with Gasteiger partial charge in [-0.1, -0.05) is 29.8 Å². The van der Waals surface area contributed by atoms with Crippen LogP contribution in [0.25, 0.3) is 0 Å². The average Bonchev–Trinajstić information content (AvgIpc) is 3.25. The van der Waals surface area contributed by atoms with Crippen molar-refractivity contribution < 1.29 is 17.9 Å². The first-order chi connectivity index (χ1) is 13.8. The predicted molar refractivity (Wildman–Crippen MR) is 107 cm³/mol. The molecule has 0 atom stereocenters. The zero-order valence-corrected chi connectivity index (χ0v) is 16.4. The fourth-order valence-corrected chi connectivity index (χ4v) is 2.79. The highest BCUT2D eigenvalue weighted by Crippen LogP contribution is 2.17. The Morgan fingerprint density at radius 3 is 2.34 bits per heavy atom. The lowest BCUT2D eigenvalue weighted by atomic mass is 10.2. The Balaban J connectivity index is 1.49. The molecule has 0 amide bonds. The van der Waals surface area contributed by atoms with E-state index in [1.54, 1.807) is 17.1 Å². The van der Waals surface area contributed by atoms with Gasteiger partial charge in [0.25, 0.3) is 0 Å². The van der Waals surface area contributed by atoms with Gasteiger partial charge in [-0.2, -0.15) is 23.4 Å². The molecule has 1 aromatic carbocycles. The van der Waals surface area contributed by atoms with Crippen LogP contribution in [0.4, 0.5) is 24.5 Å². The van der Waals surface area contributed by atoms with Crippen molar-refractivity contribution in [2.75, 3.05) is 17.2 Å². The van der Waals surface area contributed by atoms with Crippen LogP contribution in [-0.4, -0.2) is 37.5 Å². The van der Waals surface area contributed by atoms with E-state index in [0.29, 0.717) is 22.9 Å². The predicted octanol–water partition coefficient (Wildman–Crippen LogP) is 4.13. The van der Waals surface area contributed by atoms with Crippen LogP contribution in [-0.2, 0) is 18.0 Å². The van der Waals surface area contributed by atoms with Crippen molar-refractivity contribution in [3.63, 3.8) is 0 Å². The van der Waals surface area contributed by atoms with E-state index in [4.69, 9.17) is 23.8 Å². The first-order valence-electron chi connectivity index (χ1n) is 8.29. The van der Waals surface area contributed by atoms with Gasteiger partial charge in [0.15, 0.2) is 5.11 Å². The molecule has 2 aromatic heterocycles. The summed E-state index contributed by atoms with van der Waals surface area (Å²) in [6, 6.07) is 7.49. The number of halogens is 4. The SMILES string of the molecule is FC(F)(F)COCn1cc(NC(=S)Nc2cnn(Cc3ccccc3Cl)c2)cn1. The highest BCUT2D eigenvalue weighted by Gasteiger charge is 2.27. The maximum Gasteiger partial charge on any atom is 0.411 e. The van der Waals surface area contributed by atoms with E-state index < -0.39 is 12.8 Å². The summed E-state index contributed by atoms with van der Waals surface area (Å²) >= 11 is 11.4. The summed E-state index contributed by atoms with van der Waals surface area (Å²) in [5, 5.41) is 14.9. The molecular formula is C17H16ClF3N6OS. The fourth-order valence-electron chi connectivity index (χ4n) is 2.36. The zero-order valence-electron chi connectivity index (χ0n) is 14.9. The summed E-state index contributed by atoms with van der Waals surface area (Å²) < 4.78 is 43.7. The lowest BCUT2D eigenvalue weighted by Gasteiger charge is -2.08. The van der Waals surface area contributed by atoms with E-state index in [1.807, 2.05) is 24.3 Å². The second-order valence-electron chi connectivity index (χ2n) is 5.96. The third-order valence-electron chi connectivity index (χ3n) is 3.56. The van der Waals surface area contributed by atoms with Crippen molar-refractivity contribution in [3.8, 4) is 0 Å². The van der Waals surface area contributed by atoms with Gasteiger partial charge in [0.2, 0.25) is 0 Å². The van der Waals surface area contributed by atoms with Gasteiger partial charge in [-0.05, 0) is 23.8 Å². The molecule has 2 heterocycles. The number of hydrogen-bond acceptors (Lipinski definition) is 4. The Kier molecular flexibility index (Phi) is 6.72. The number of aromatic nitrogens is 4. The summed E-state index contributed by atoms with van der Waals surface area (Å²) in [5.74, 6) is 0. The molecule has 154 valence electrons. The summed E-state index contributed by atoms with van der Waals surface area (Å²) in [4.78, 5) is 0. The van der Waals surface area contributed by atoms with Crippen molar-refractivity contribution in [2.24, 2.45) is 0 Å². The monoisotopic (exact) mass is 444 g/mol. The molecule has 0 saturated carbocycles. The van der Waals surface area contributed by atoms with Gasteiger partial charge in [0.1, 0.15) is 13.3 Å². The molecular weight excluding hydrogens is 429 g/mol. The lowest BCUT2D eigenvalue weighted by Crippen LogP contribution is -2.19. The second-order valence-corrected chi connectivity index (χ2v) is 6.77. The number of anilines is 2. The molecule has 7 nitrogen and oxygen atoms in total. The van der Waals surface area contributed by atoms with E-state index in [-0.39, 0.29) is 11.8 Å². The minimum atomic E-state index is -4.38. The Hall–Kier alpha value is -2.63. The van der Waals surface area contributed by atoms with E-state index in [2.05, 4.69) is 25.6 Å². The van der Waals surface area contributed by atoms with E-state index in [9.17, 15) is 13.2 Å². The van der Waals surface area contributed by atoms with Gasteiger partial charge in [-0.3, -0.25) is 4.68 Å². The Morgan fingerprint density at radius 2 is 1.69 bits per heavy atom. The van der Waals surface area contributed by atoms with Crippen LogP contribution in [0, 0.1) is 0 Å². The van der Waals surface area contributed by atoms with Gasteiger partial charge < -0.3 is 15.4 Å². The van der Waals surface area contributed by atoms with Gasteiger partial charge in [-0.25, -0.2) is 4.68 Å². The first kappa shape index (κ1) is 21.1. The smallest absolute Gasteiger partial charge is 0.350 e. The number of benzene rings is 1. The third kappa shape index (κ3) is 6.73. The summed E-state index contributed by atoms with van der Waals surface area (Å²) in [6.07, 6.45) is 1.90. The molecule has 12 heteroatoms. The minimum Gasteiger partial charge on any atom is -0.350 e. The number of hydrogen-bond donors (Lipinski definition) is 2. The first-order valence-corrected chi connectivity index (χ1v) is 9.08. The molecule has 3 aromatic rings. The average molecular weight is 445 g/mol. The summed E-state index contributed by atoms with van der Waals surface area (Å²) in [7, 11) is 0. The molecule has 3 rings (SSSR count). The zero-order chi connectivity index (χ0) is 20.9. The van der Waals surface area contributed by atoms with E-state index in [0.717, 1.165) is 5.56 Å². The fraction of sp³-hybridized carbons (Fsp3) is 0.235. The van der Waals surface area contributed by atoms with Crippen LogP contribution in [0.5, 0.6) is 0 Å². The van der Waals surface area contributed by atoms with Gasteiger partial charge in [-0.15, -0.1) is 0 Å². The molecule has 0 saturated heterocycles. The maximum atomic E-state index is 12.1. The number of alkyl halides is 3. The normalized spacial score (nSPS) is 11.4. The Labute approximate surface area is 174 Å². The van der Waals surface area contributed by atoms with Gasteiger partial charge >= 0.3 is 6.18 Å². The molecule has 2 N–H and O–H groups in total. The quantitative estimate of drug-likeness (QED) is 0.534. The highest BCUT2D eigenvalue weighted by atomic mass is 35.5. The molecule has 0 spiro atoms. The van der Waals surface area contributed by atoms with E-state index >= 15 is 0 Å². The van der Waals surface area contributed by atoms with Crippen molar-refractivity contribution in [3.05, 3.63) is 59.6 Å². The van der Waals surface area contributed by atoms with E-state index in [1.165, 1.54) is 17.1 Å². The topological polar surface area (TPSA) is 68.9 Å².